The minimum atomic E-state index is -4.59. The molecule has 0 aromatic rings. The van der Waals surface area contributed by atoms with Gasteiger partial charge in [-0.25, -0.2) is 0 Å². The fourth-order valence-electron chi connectivity index (χ4n) is 4.65. The Morgan fingerprint density at radius 1 is 0.783 bits per heavy atom. The number of carbonyl (C=O) groups excluding carboxylic acids is 1. The Balaban J connectivity index is 4.55. The first-order valence-corrected chi connectivity index (χ1v) is 19.4. The van der Waals surface area contributed by atoms with Crippen LogP contribution in [0.1, 0.15) is 129 Å². The molecular formula is C37H69N2O6P. The van der Waals surface area contributed by atoms with Crippen molar-refractivity contribution in [2.75, 3.05) is 40.9 Å². The molecule has 0 saturated heterocycles. The van der Waals surface area contributed by atoms with Gasteiger partial charge >= 0.3 is 0 Å². The van der Waals surface area contributed by atoms with Gasteiger partial charge in [-0.1, -0.05) is 107 Å². The van der Waals surface area contributed by atoms with Crippen molar-refractivity contribution in [2.45, 2.75) is 142 Å². The van der Waals surface area contributed by atoms with Crippen molar-refractivity contribution < 1.29 is 32.9 Å². The van der Waals surface area contributed by atoms with Gasteiger partial charge in [-0.15, -0.1) is 0 Å². The predicted molar refractivity (Wildman–Crippen MR) is 191 cm³/mol. The third kappa shape index (κ3) is 31.1. The average Bonchev–Trinajstić information content (AvgIpc) is 2.99. The lowest BCUT2D eigenvalue weighted by atomic mass is 10.1. The molecule has 0 heterocycles. The number of phosphoric acid groups is 1. The van der Waals surface area contributed by atoms with Gasteiger partial charge in [0.15, 0.2) is 0 Å². The van der Waals surface area contributed by atoms with Crippen molar-refractivity contribution >= 4 is 13.7 Å². The maximum Gasteiger partial charge on any atom is 0.268 e. The maximum atomic E-state index is 12.7. The van der Waals surface area contributed by atoms with Crippen LogP contribution in [0.5, 0.6) is 0 Å². The quantitative estimate of drug-likeness (QED) is 0.0333. The van der Waals surface area contributed by atoms with Crippen molar-refractivity contribution in [3.63, 3.8) is 0 Å². The number of hydrogen-bond donors (Lipinski definition) is 2. The maximum absolute atomic E-state index is 12.7. The molecule has 0 fully saturated rings. The first-order chi connectivity index (χ1) is 22.0. The van der Waals surface area contributed by atoms with Crippen molar-refractivity contribution in [3.05, 3.63) is 48.6 Å². The van der Waals surface area contributed by atoms with Crippen LogP contribution in [0, 0.1) is 0 Å². The van der Waals surface area contributed by atoms with Crippen LogP contribution >= 0.6 is 7.82 Å². The molecule has 268 valence electrons. The molecule has 0 saturated carbocycles. The Kier molecular flexibility index (Phi) is 28.6. The third-order valence-electron chi connectivity index (χ3n) is 7.58. The number of nitrogens with zero attached hydrogens (tertiary/aromatic N) is 1. The number of amides is 1. The second kappa shape index (κ2) is 29.6. The summed E-state index contributed by atoms with van der Waals surface area (Å²) in [5.41, 5.74) is 0. The fraction of sp³-hybridized carbons (Fsp3) is 0.757. The molecule has 0 aliphatic rings. The lowest BCUT2D eigenvalue weighted by molar-refractivity contribution is -0.870. The van der Waals surface area contributed by atoms with Gasteiger partial charge in [-0.05, 0) is 64.7 Å². The van der Waals surface area contributed by atoms with Crippen LogP contribution in [0.15, 0.2) is 48.6 Å². The minimum Gasteiger partial charge on any atom is -0.756 e. The average molecular weight is 669 g/mol. The molecule has 0 spiro atoms. The van der Waals surface area contributed by atoms with Crippen molar-refractivity contribution in [2.24, 2.45) is 0 Å². The van der Waals surface area contributed by atoms with Gasteiger partial charge in [0.2, 0.25) is 5.91 Å². The van der Waals surface area contributed by atoms with Crippen LogP contribution in [0.2, 0.25) is 0 Å². The SMILES string of the molecule is C/C=C/CC/C=C/CC/C=C/C(O)C(COP(=O)([O-])OCC[N+](C)(C)C)NC(=O)CCCCCCCCC/C=C\CCCCCC. The van der Waals surface area contributed by atoms with E-state index >= 15 is 0 Å². The van der Waals surface area contributed by atoms with Gasteiger partial charge < -0.3 is 28.8 Å². The molecule has 1 amide bonds. The van der Waals surface area contributed by atoms with E-state index in [2.05, 4.69) is 42.6 Å². The number of phosphoric ester groups is 1. The van der Waals surface area contributed by atoms with Gasteiger partial charge in [0.25, 0.3) is 7.82 Å². The Labute approximate surface area is 282 Å². The number of likely N-dealkylation sites (N-methyl/N-ethyl adjacent to an activating group) is 1. The fourth-order valence-corrected chi connectivity index (χ4v) is 5.38. The lowest BCUT2D eigenvalue weighted by Gasteiger charge is -2.29. The molecule has 46 heavy (non-hydrogen) atoms. The molecule has 0 radical (unpaired) electrons. The van der Waals surface area contributed by atoms with E-state index in [1.54, 1.807) is 6.08 Å². The summed E-state index contributed by atoms with van der Waals surface area (Å²) < 4.78 is 23.0. The number of allylic oxidation sites excluding steroid dienone is 7. The van der Waals surface area contributed by atoms with Crippen LogP contribution in [0.25, 0.3) is 0 Å². The van der Waals surface area contributed by atoms with Gasteiger partial charge in [0, 0.05) is 6.42 Å². The summed E-state index contributed by atoms with van der Waals surface area (Å²) in [4.78, 5) is 25.1. The van der Waals surface area contributed by atoms with E-state index < -0.39 is 26.6 Å². The van der Waals surface area contributed by atoms with E-state index in [0.717, 1.165) is 51.4 Å². The molecular weight excluding hydrogens is 599 g/mol. The summed E-state index contributed by atoms with van der Waals surface area (Å²) >= 11 is 0. The second-order valence-electron chi connectivity index (χ2n) is 13.2. The van der Waals surface area contributed by atoms with Gasteiger partial charge in [-0.2, -0.15) is 0 Å². The summed E-state index contributed by atoms with van der Waals surface area (Å²) in [7, 11) is 1.22. The number of aliphatic hydroxyl groups excluding tert-OH is 1. The van der Waals surface area contributed by atoms with E-state index in [-0.39, 0.29) is 12.5 Å². The first kappa shape index (κ1) is 44.5. The van der Waals surface area contributed by atoms with Crippen LogP contribution in [-0.4, -0.2) is 68.5 Å². The van der Waals surface area contributed by atoms with Crippen molar-refractivity contribution in [1.82, 2.24) is 5.32 Å². The number of aliphatic hydroxyl groups is 1. The number of unbranched alkanes of at least 4 members (excludes halogenated alkanes) is 13. The monoisotopic (exact) mass is 668 g/mol. The Morgan fingerprint density at radius 3 is 1.89 bits per heavy atom. The zero-order valence-electron chi connectivity index (χ0n) is 30.0. The third-order valence-corrected chi connectivity index (χ3v) is 8.55. The van der Waals surface area contributed by atoms with E-state index in [9.17, 15) is 19.4 Å². The molecule has 0 bridgehead atoms. The molecule has 2 N–H and O–H groups in total. The standard InChI is InChI=1S/C37H69N2O6P/c1-6-8-10-12-14-16-17-18-19-20-21-23-25-27-29-31-37(41)38-35(34-45-46(42,43)44-33-32-39(3,4)5)36(40)30-28-26-24-22-15-13-11-9-7-2/h7,9,15-17,22,28,30,35-36,40H,6,8,10-14,18-21,23-27,29,31-34H2,1-5H3,(H-,38,41,42,43)/b9-7+,17-16-,22-15+,30-28+. The van der Waals surface area contributed by atoms with Crippen molar-refractivity contribution in [3.8, 4) is 0 Å². The molecule has 0 aliphatic carbocycles. The zero-order chi connectivity index (χ0) is 34.4. The van der Waals surface area contributed by atoms with Gasteiger partial charge in [-0.3, -0.25) is 9.36 Å². The Hall–Kier alpha value is -1.54. The molecule has 0 aliphatic heterocycles. The topological polar surface area (TPSA) is 108 Å². The van der Waals surface area contributed by atoms with E-state index in [1.807, 2.05) is 40.2 Å². The number of carbonyl (C=O) groups is 1. The molecule has 3 atom stereocenters. The summed E-state index contributed by atoms with van der Waals surface area (Å²) in [6, 6.07) is -0.908. The second-order valence-corrected chi connectivity index (χ2v) is 14.6. The summed E-state index contributed by atoms with van der Waals surface area (Å²) in [6.45, 7) is 4.33. The van der Waals surface area contributed by atoms with Crippen LogP contribution < -0.4 is 10.2 Å². The normalized spacial score (nSPS) is 15.4. The highest BCUT2D eigenvalue weighted by Gasteiger charge is 2.23. The highest BCUT2D eigenvalue weighted by Crippen LogP contribution is 2.38. The molecule has 0 aromatic carbocycles. The smallest absolute Gasteiger partial charge is 0.268 e. The largest absolute Gasteiger partial charge is 0.756 e. The van der Waals surface area contributed by atoms with Crippen LogP contribution in [0.3, 0.4) is 0 Å². The van der Waals surface area contributed by atoms with E-state index in [1.165, 1.54) is 57.8 Å². The van der Waals surface area contributed by atoms with E-state index in [0.29, 0.717) is 17.4 Å². The Bertz CT molecular complexity index is 897. The number of quaternary nitrogens is 1. The highest BCUT2D eigenvalue weighted by atomic mass is 31.2. The lowest BCUT2D eigenvalue weighted by Crippen LogP contribution is -2.45. The summed E-state index contributed by atoms with van der Waals surface area (Å²) in [5, 5.41) is 13.6. The molecule has 9 heteroatoms. The highest BCUT2D eigenvalue weighted by molar-refractivity contribution is 7.45. The Morgan fingerprint density at radius 2 is 1.30 bits per heavy atom. The van der Waals surface area contributed by atoms with Crippen molar-refractivity contribution in [1.29, 1.82) is 0 Å². The van der Waals surface area contributed by atoms with Crippen LogP contribution in [-0.2, 0) is 18.4 Å². The summed E-state index contributed by atoms with van der Waals surface area (Å²) in [5.74, 6) is -0.224. The zero-order valence-corrected chi connectivity index (χ0v) is 30.9. The molecule has 8 nitrogen and oxygen atoms in total. The number of nitrogens with one attached hydrogen (secondary N) is 1. The number of rotatable bonds is 31. The molecule has 0 aromatic heterocycles. The predicted octanol–water partition coefficient (Wildman–Crippen LogP) is 8.33. The molecule has 3 unspecified atom stereocenters. The van der Waals surface area contributed by atoms with Crippen LogP contribution in [0.4, 0.5) is 0 Å². The summed E-state index contributed by atoms with van der Waals surface area (Å²) in [6.07, 6.45) is 34.6. The molecule has 0 rings (SSSR count). The number of hydrogen-bond acceptors (Lipinski definition) is 6. The van der Waals surface area contributed by atoms with Gasteiger partial charge in [0.1, 0.15) is 13.2 Å². The van der Waals surface area contributed by atoms with Gasteiger partial charge in [0.05, 0.1) is 39.9 Å². The minimum absolute atomic E-state index is 0.0117. The van der Waals surface area contributed by atoms with E-state index in [4.69, 9.17) is 9.05 Å². The first-order valence-electron chi connectivity index (χ1n) is 18.0.